The Morgan fingerprint density at radius 2 is 1.89 bits per heavy atom. The number of likely N-dealkylation sites (tertiary alicyclic amines) is 1. The summed E-state index contributed by atoms with van der Waals surface area (Å²) in [5.41, 5.74) is 2.10. The van der Waals surface area contributed by atoms with Gasteiger partial charge in [0.15, 0.2) is 0 Å². The van der Waals surface area contributed by atoms with Gasteiger partial charge in [0.25, 0.3) is 0 Å². The molecule has 0 unspecified atom stereocenters. The molecule has 3 aromatic rings. The van der Waals surface area contributed by atoms with Gasteiger partial charge in [0.1, 0.15) is 5.60 Å². The van der Waals surface area contributed by atoms with Gasteiger partial charge in [0.2, 0.25) is 11.7 Å². The molecule has 0 radical (unpaired) electrons. The molecule has 0 aliphatic carbocycles. The summed E-state index contributed by atoms with van der Waals surface area (Å²) in [7, 11) is 2.08. The van der Waals surface area contributed by atoms with Crippen LogP contribution in [0.5, 0.6) is 0 Å². The van der Waals surface area contributed by atoms with Crippen LogP contribution in [-0.4, -0.2) is 58.4 Å². The van der Waals surface area contributed by atoms with Crippen LogP contribution < -0.4 is 5.32 Å². The summed E-state index contributed by atoms with van der Waals surface area (Å²) in [5.74, 6) is 2.34. The molecule has 2 saturated heterocycles. The van der Waals surface area contributed by atoms with Crippen LogP contribution >= 0.6 is 12.4 Å². The first-order valence-corrected chi connectivity index (χ1v) is 12.7. The second-order valence-corrected chi connectivity index (χ2v) is 11.2. The fourth-order valence-corrected chi connectivity index (χ4v) is 5.99. The molecule has 8 heteroatoms. The molecule has 0 bridgehead atoms. The first kappa shape index (κ1) is 26.7. The van der Waals surface area contributed by atoms with Crippen LogP contribution in [0.2, 0.25) is 0 Å². The van der Waals surface area contributed by atoms with Crippen molar-refractivity contribution < 1.29 is 9.63 Å². The van der Waals surface area contributed by atoms with E-state index in [1.807, 2.05) is 6.07 Å². The fraction of sp³-hybridized carbons (Fsp3) is 0.536. The van der Waals surface area contributed by atoms with Crippen molar-refractivity contribution in [1.82, 2.24) is 25.3 Å². The predicted octanol–water partition coefficient (Wildman–Crippen LogP) is 4.58. The smallest absolute Gasteiger partial charge is 0.230 e. The first-order valence-electron chi connectivity index (χ1n) is 12.7. The normalized spacial score (nSPS) is 23.5. The Labute approximate surface area is 220 Å². The van der Waals surface area contributed by atoms with Gasteiger partial charge in [-0.15, -0.1) is 12.4 Å². The topological polar surface area (TPSA) is 87.3 Å². The highest BCUT2D eigenvalue weighted by molar-refractivity contribution is 5.85. The molecular formula is C28H38ClN5O2. The molecule has 36 heavy (non-hydrogen) atoms. The van der Waals surface area contributed by atoms with E-state index in [0.717, 1.165) is 49.3 Å². The Morgan fingerprint density at radius 3 is 2.53 bits per heavy atom. The Morgan fingerprint density at radius 1 is 1.17 bits per heavy atom. The molecule has 2 N–H and O–H groups in total. The Kier molecular flexibility index (Phi) is 7.58. The first-order chi connectivity index (χ1) is 16.7. The number of piperidine rings is 1. The van der Waals surface area contributed by atoms with Crippen molar-refractivity contribution in [2.24, 2.45) is 11.3 Å². The largest absolute Gasteiger partial charge is 0.380 e. The van der Waals surface area contributed by atoms with E-state index in [-0.39, 0.29) is 23.7 Å². The lowest BCUT2D eigenvalue weighted by atomic mass is 9.62. The third kappa shape index (κ3) is 4.58. The second kappa shape index (κ2) is 10.2. The minimum atomic E-state index is -1.20. The molecule has 4 heterocycles. The maximum Gasteiger partial charge on any atom is 0.230 e. The Bertz CT molecular complexity index is 1170. The molecule has 2 aromatic heterocycles. The fourth-order valence-electron chi connectivity index (χ4n) is 5.99. The third-order valence-corrected chi connectivity index (χ3v) is 8.06. The van der Waals surface area contributed by atoms with Gasteiger partial charge in [-0.2, -0.15) is 4.98 Å². The molecule has 0 spiro atoms. The summed E-state index contributed by atoms with van der Waals surface area (Å²) in [6, 6.07) is 10.4. The lowest BCUT2D eigenvalue weighted by Crippen LogP contribution is -2.63. The van der Waals surface area contributed by atoms with Gasteiger partial charge in [-0.05, 0) is 55.6 Å². The molecule has 3 atom stereocenters. The number of aromatic nitrogens is 3. The average molecular weight is 512 g/mol. The van der Waals surface area contributed by atoms with Crippen LogP contribution in [0.1, 0.15) is 68.5 Å². The maximum absolute atomic E-state index is 12.5. The summed E-state index contributed by atoms with van der Waals surface area (Å²) < 4.78 is 5.70. The molecular weight excluding hydrogens is 474 g/mol. The molecule has 7 nitrogen and oxygen atoms in total. The van der Waals surface area contributed by atoms with Gasteiger partial charge in [-0.1, -0.05) is 57.1 Å². The molecule has 194 valence electrons. The van der Waals surface area contributed by atoms with E-state index in [9.17, 15) is 5.11 Å². The number of rotatable bonds is 6. The van der Waals surface area contributed by atoms with E-state index in [1.54, 1.807) is 12.4 Å². The summed E-state index contributed by atoms with van der Waals surface area (Å²) >= 11 is 0. The predicted molar refractivity (Wildman–Crippen MR) is 143 cm³/mol. The van der Waals surface area contributed by atoms with E-state index >= 15 is 0 Å². The van der Waals surface area contributed by atoms with E-state index in [4.69, 9.17) is 9.51 Å². The van der Waals surface area contributed by atoms with Crippen LogP contribution in [0.4, 0.5) is 0 Å². The van der Waals surface area contributed by atoms with Crippen LogP contribution in [0.15, 0.2) is 47.2 Å². The van der Waals surface area contributed by atoms with Gasteiger partial charge in [-0.25, -0.2) is 0 Å². The lowest BCUT2D eigenvalue weighted by Gasteiger charge is -2.55. The average Bonchev–Trinajstić information content (AvgIpc) is 3.33. The van der Waals surface area contributed by atoms with Crippen molar-refractivity contribution in [2.75, 3.05) is 33.2 Å². The summed E-state index contributed by atoms with van der Waals surface area (Å²) in [4.78, 5) is 11.5. The Balaban J connectivity index is 0.00000304. The minimum absolute atomic E-state index is 0. The van der Waals surface area contributed by atoms with Crippen LogP contribution in [0.3, 0.4) is 0 Å². The standard InChI is InChI=1S/C28H37N5O2.ClH/c1-18(2)20-6-8-22(9-7-20)28(34,27(4)16-33(5)17-27)23-12-21(14-30-15-23)25-31-26(35-32-25)24-10-11-29-13-19(24)3;/h6-9,12,14-15,18-19,24,29,34H,10-11,13,16-17H2,1-5H3;1H/t19-,24+,28+;/m1./s1. The van der Waals surface area contributed by atoms with Crippen molar-refractivity contribution in [3.05, 3.63) is 65.3 Å². The molecule has 0 amide bonds. The van der Waals surface area contributed by atoms with Gasteiger partial charge in [0, 0.05) is 47.9 Å². The zero-order chi connectivity index (χ0) is 24.8. The number of halogens is 1. The number of nitrogens with zero attached hydrogens (tertiary/aromatic N) is 4. The number of pyridine rings is 1. The minimum Gasteiger partial charge on any atom is -0.380 e. The van der Waals surface area contributed by atoms with Crippen molar-refractivity contribution in [1.29, 1.82) is 0 Å². The highest BCUT2D eigenvalue weighted by Crippen LogP contribution is 2.50. The van der Waals surface area contributed by atoms with Crippen molar-refractivity contribution >= 4 is 12.4 Å². The van der Waals surface area contributed by atoms with Crippen molar-refractivity contribution in [3.8, 4) is 11.4 Å². The van der Waals surface area contributed by atoms with E-state index in [0.29, 0.717) is 23.6 Å². The number of hydrogen-bond acceptors (Lipinski definition) is 7. The summed E-state index contributed by atoms with van der Waals surface area (Å²) in [5, 5.41) is 20.2. The quantitative estimate of drug-likeness (QED) is 0.501. The number of hydrogen-bond donors (Lipinski definition) is 2. The Hall–Kier alpha value is -2.32. The zero-order valence-electron chi connectivity index (χ0n) is 21.9. The lowest BCUT2D eigenvalue weighted by molar-refractivity contribution is -0.127. The number of nitrogens with one attached hydrogen (secondary N) is 1. The summed E-state index contributed by atoms with van der Waals surface area (Å²) in [6.45, 7) is 12.2. The number of aliphatic hydroxyl groups is 1. The molecule has 2 fully saturated rings. The molecule has 1 aromatic carbocycles. The number of benzene rings is 1. The van der Waals surface area contributed by atoms with Crippen molar-refractivity contribution in [2.45, 2.75) is 51.6 Å². The van der Waals surface area contributed by atoms with Crippen LogP contribution in [0, 0.1) is 11.3 Å². The zero-order valence-corrected chi connectivity index (χ0v) is 22.7. The van der Waals surface area contributed by atoms with E-state index in [2.05, 4.69) is 79.4 Å². The van der Waals surface area contributed by atoms with Crippen LogP contribution in [0.25, 0.3) is 11.4 Å². The van der Waals surface area contributed by atoms with Crippen LogP contribution in [-0.2, 0) is 5.60 Å². The third-order valence-electron chi connectivity index (χ3n) is 8.06. The SMILES string of the molecule is CC(C)c1ccc([C@](O)(c2cncc(-c3noc([C@H]4CCNC[C@H]4C)n3)c2)C2(C)CN(C)C2)cc1.Cl. The van der Waals surface area contributed by atoms with E-state index in [1.165, 1.54) is 5.56 Å². The molecule has 0 saturated carbocycles. The highest BCUT2D eigenvalue weighted by atomic mass is 35.5. The highest BCUT2D eigenvalue weighted by Gasteiger charge is 2.55. The maximum atomic E-state index is 12.5. The van der Waals surface area contributed by atoms with Gasteiger partial charge in [-0.3, -0.25) is 4.98 Å². The second-order valence-electron chi connectivity index (χ2n) is 11.2. The molecule has 2 aliphatic rings. The molecule has 2 aliphatic heterocycles. The monoisotopic (exact) mass is 511 g/mol. The van der Waals surface area contributed by atoms with Gasteiger partial charge < -0.3 is 19.8 Å². The summed E-state index contributed by atoms with van der Waals surface area (Å²) in [6.07, 6.45) is 4.51. The van der Waals surface area contributed by atoms with Gasteiger partial charge >= 0.3 is 0 Å². The van der Waals surface area contributed by atoms with Crippen molar-refractivity contribution in [3.63, 3.8) is 0 Å². The molecule has 5 rings (SSSR count). The van der Waals surface area contributed by atoms with E-state index < -0.39 is 5.60 Å². The van der Waals surface area contributed by atoms with Gasteiger partial charge in [0.05, 0.1) is 0 Å².